The summed E-state index contributed by atoms with van der Waals surface area (Å²) in [7, 11) is 0. The van der Waals surface area contributed by atoms with E-state index in [0.717, 1.165) is 33.2 Å². The second-order valence-electron chi connectivity index (χ2n) is 9.17. The van der Waals surface area contributed by atoms with Gasteiger partial charge in [0.2, 0.25) is 11.8 Å². The van der Waals surface area contributed by atoms with Crippen molar-refractivity contribution in [2.24, 2.45) is 5.92 Å². The highest BCUT2D eigenvalue weighted by Gasteiger charge is 2.38. The summed E-state index contributed by atoms with van der Waals surface area (Å²) in [5.74, 6) is 2.00. The molecule has 0 radical (unpaired) electrons. The van der Waals surface area contributed by atoms with Gasteiger partial charge in [-0.3, -0.25) is 9.59 Å². The van der Waals surface area contributed by atoms with E-state index in [9.17, 15) is 9.59 Å². The zero-order valence-electron chi connectivity index (χ0n) is 20.1. The molecule has 2 saturated heterocycles. The first-order valence-electron chi connectivity index (χ1n) is 11.8. The van der Waals surface area contributed by atoms with E-state index in [4.69, 9.17) is 0 Å². The normalized spacial score (nSPS) is 18.5. The van der Waals surface area contributed by atoms with Crippen molar-refractivity contribution in [3.05, 3.63) is 58.1 Å². The highest BCUT2D eigenvalue weighted by molar-refractivity contribution is 9.10. The molecule has 2 fully saturated rings. The smallest absolute Gasteiger partial charge is 0.228 e. The molecule has 1 aromatic carbocycles. The summed E-state index contributed by atoms with van der Waals surface area (Å²) < 4.78 is 2.75. The fraction of sp³-hybridized carbons (Fsp3) is 0.400. The Hall–Kier alpha value is -3.27. The Bertz CT molecular complexity index is 1280. The van der Waals surface area contributed by atoms with Gasteiger partial charge in [-0.05, 0) is 45.0 Å². The van der Waals surface area contributed by atoms with Gasteiger partial charge < -0.3 is 14.7 Å². The molecule has 2 aromatic heterocycles. The van der Waals surface area contributed by atoms with Crippen LogP contribution in [0, 0.1) is 26.7 Å². The second-order valence-corrected chi connectivity index (χ2v) is 10.1. The lowest BCUT2D eigenvalue weighted by Crippen LogP contribution is -2.51. The fourth-order valence-corrected chi connectivity index (χ4v) is 5.24. The predicted octanol–water partition coefficient (Wildman–Crippen LogP) is 3.05. The van der Waals surface area contributed by atoms with Gasteiger partial charge in [0, 0.05) is 61.1 Å². The van der Waals surface area contributed by atoms with Gasteiger partial charge in [-0.15, -0.1) is 0 Å². The Labute approximate surface area is 212 Å². The summed E-state index contributed by atoms with van der Waals surface area (Å²) in [6.07, 6.45) is 0.253. The van der Waals surface area contributed by atoms with Gasteiger partial charge in [-0.25, -0.2) is 14.6 Å². The number of nitrogens with zero attached hydrogens (tertiary/aromatic N) is 7. The third-order valence-corrected chi connectivity index (χ3v) is 7.04. The number of hydrogen-bond donors (Lipinski definition) is 0. The Balaban J connectivity index is 1.24. The van der Waals surface area contributed by atoms with E-state index in [1.165, 1.54) is 0 Å². The topological polar surface area (TPSA) is 87.5 Å². The minimum atomic E-state index is -0.313. The lowest BCUT2D eigenvalue weighted by atomic mass is 10.1. The molecule has 35 heavy (non-hydrogen) atoms. The van der Waals surface area contributed by atoms with Gasteiger partial charge in [-0.2, -0.15) is 5.10 Å². The monoisotopic (exact) mass is 537 g/mol. The zero-order chi connectivity index (χ0) is 24.7. The van der Waals surface area contributed by atoms with E-state index in [2.05, 4.69) is 35.9 Å². The largest absolute Gasteiger partial charge is 0.353 e. The number of rotatable bonds is 4. The van der Waals surface area contributed by atoms with Crippen LogP contribution >= 0.6 is 15.9 Å². The van der Waals surface area contributed by atoms with Crippen molar-refractivity contribution >= 4 is 39.2 Å². The Morgan fingerprint density at radius 3 is 2.43 bits per heavy atom. The maximum Gasteiger partial charge on any atom is 0.228 e. The molecule has 2 amide bonds. The molecule has 1 atom stereocenters. The Morgan fingerprint density at radius 1 is 1.00 bits per heavy atom. The molecule has 182 valence electrons. The molecule has 4 heterocycles. The minimum Gasteiger partial charge on any atom is -0.353 e. The number of aromatic nitrogens is 4. The van der Waals surface area contributed by atoms with Crippen LogP contribution in [0.3, 0.4) is 0 Å². The Morgan fingerprint density at radius 2 is 1.74 bits per heavy atom. The van der Waals surface area contributed by atoms with Gasteiger partial charge in [0.15, 0.2) is 5.82 Å². The highest BCUT2D eigenvalue weighted by Crippen LogP contribution is 2.29. The van der Waals surface area contributed by atoms with Gasteiger partial charge in [0.05, 0.1) is 11.6 Å². The average Bonchev–Trinajstić information content (AvgIpc) is 3.39. The van der Waals surface area contributed by atoms with Crippen LogP contribution in [-0.2, 0) is 9.59 Å². The van der Waals surface area contributed by atoms with Gasteiger partial charge >= 0.3 is 0 Å². The minimum absolute atomic E-state index is 0.00627. The third-order valence-electron chi connectivity index (χ3n) is 6.55. The molecule has 0 aliphatic carbocycles. The Kier molecular flexibility index (Phi) is 6.31. The molecule has 3 aromatic rings. The van der Waals surface area contributed by atoms with Crippen LogP contribution < -0.4 is 9.80 Å². The highest BCUT2D eigenvalue weighted by atomic mass is 79.9. The number of carbonyl (C=O) groups is 2. The van der Waals surface area contributed by atoms with Crippen molar-refractivity contribution in [2.45, 2.75) is 27.2 Å². The number of amides is 2. The van der Waals surface area contributed by atoms with Crippen molar-refractivity contribution in [1.29, 1.82) is 0 Å². The van der Waals surface area contributed by atoms with Crippen molar-refractivity contribution in [1.82, 2.24) is 24.6 Å². The maximum absolute atomic E-state index is 13.2. The molecular weight excluding hydrogens is 510 g/mol. The van der Waals surface area contributed by atoms with Crippen LogP contribution in [-0.4, -0.2) is 69.2 Å². The van der Waals surface area contributed by atoms with Crippen LogP contribution in [0.1, 0.15) is 23.6 Å². The summed E-state index contributed by atoms with van der Waals surface area (Å²) in [6.45, 7) is 8.82. The summed E-state index contributed by atoms with van der Waals surface area (Å²) in [5, 5.41) is 4.55. The molecule has 2 aliphatic rings. The molecule has 0 saturated carbocycles. The van der Waals surface area contributed by atoms with Gasteiger partial charge in [0.1, 0.15) is 11.6 Å². The summed E-state index contributed by atoms with van der Waals surface area (Å²) in [4.78, 5) is 40.9. The predicted molar refractivity (Wildman–Crippen MR) is 137 cm³/mol. The molecule has 2 aliphatic heterocycles. The van der Waals surface area contributed by atoms with Crippen LogP contribution in [0.15, 0.2) is 40.9 Å². The molecule has 0 bridgehead atoms. The zero-order valence-corrected chi connectivity index (χ0v) is 21.7. The van der Waals surface area contributed by atoms with Crippen molar-refractivity contribution in [3.8, 4) is 5.82 Å². The first kappa shape index (κ1) is 23.5. The van der Waals surface area contributed by atoms with Crippen LogP contribution in [0.25, 0.3) is 5.82 Å². The maximum atomic E-state index is 13.2. The van der Waals surface area contributed by atoms with Crippen molar-refractivity contribution in [3.63, 3.8) is 0 Å². The lowest BCUT2D eigenvalue weighted by Gasteiger charge is -2.36. The standard InChI is InChI=1S/C25H28BrN7O2/c1-16-11-17(2)33(29-16)23-14-22(27-18(3)28-23)30-7-9-31(10-8-30)25(35)19-12-24(34)32(15-19)21-6-4-5-20(26)13-21/h4-6,11,13-14,19H,7-10,12,15H2,1-3H3. The summed E-state index contributed by atoms with van der Waals surface area (Å²) in [5.41, 5.74) is 2.78. The molecule has 0 N–H and O–H groups in total. The number of halogens is 1. The first-order chi connectivity index (χ1) is 16.8. The van der Waals surface area contributed by atoms with E-state index < -0.39 is 0 Å². The molecular formula is C25H28BrN7O2. The van der Waals surface area contributed by atoms with Crippen LogP contribution in [0.2, 0.25) is 0 Å². The molecule has 9 nitrogen and oxygen atoms in total. The second kappa shape index (κ2) is 9.41. The average molecular weight is 538 g/mol. The third kappa shape index (κ3) is 4.80. The number of aryl methyl sites for hydroxylation is 3. The van der Waals surface area contributed by atoms with Crippen LogP contribution in [0.4, 0.5) is 11.5 Å². The van der Waals surface area contributed by atoms with Gasteiger partial charge in [-0.1, -0.05) is 22.0 Å². The number of hydrogen-bond acceptors (Lipinski definition) is 6. The number of anilines is 2. The SMILES string of the molecule is Cc1cc(C)n(-c2cc(N3CCN(C(=O)C4CC(=O)N(c5cccc(Br)c5)C4)CC3)nc(C)n2)n1. The number of benzene rings is 1. The summed E-state index contributed by atoms with van der Waals surface area (Å²) >= 11 is 3.46. The molecule has 1 unspecified atom stereocenters. The first-order valence-corrected chi connectivity index (χ1v) is 12.6. The van der Waals surface area contributed by atoms with E-state index in [-0.39, 0.29) is 24.2 Å². The number of carbonyl (C=O) groups excluding carboxylic acids is 2. The molecule has 5 rings (SSSR count). The quantitative estimate of drug-likeness (QED) is 0.508. The molecule has 10 heteroatoms. The number of piperazine rings is 1. The van der Waals surface area contributed by atoms with E-state index >= 15 is 0 Å². The lowest BCUT2D eigenvalue weighted by molar-refractivity contribution is -0.136. The van der Waals surface area contributed by atoms with Crippen LogP contribution in [0.5, 0.6) is 0 Å². The van der Waals surface area contributed by atoms with E-state index in [1.54, 1.807) is 4.90 Å². The van der Waals surface area contributed by atoms with Gasteiger partial charge in [0.25, 0.3) is 0 Å². The summed E-state index contributed by atoms with van der Waals surface area (Å²) in [6, 6.07) is 11.6. The van der Waals surface area contributed by atoms with E-state index in [1.807, 2.05) is 66.8 Å². The fourth-order valence-electron chi connectivity index (χ4n) is 4.85. The van der Waals surface area contributed by atoms with Crippen molar-refractivity contribution in [2.75, 3.05) is 42.5 Å². The van der Waals surface area contributed by atoms with Crippen molar-refractivity contribution < 1.29 is 9.59 Å². The molecule has 0 spiro atoms. The van der Waals surface area contributed by atoms with E-state index in [0.29, 0.717) is 38.5 Å².